The van der Waals surface area contributed by atoms with E-state index in [1.165, 1.54) is 6.42 Å². The Labute approximate surface area is 139 Å². The van der Waals surface area contributed by atoms with Crippen molar-refractivity contribution in [3.05, 3.63) is 0 Å². The van der Waals surface area contributed by atoms with Gasteiger partial charge in [-0.3, -0.25) is 4.90 Å². The maximum Gasteiger partial charge on any atom is 0.411 e. The van der Waals surface area contributed by atoms with Gasteiger partial charge in [0.05, 0.1) is 0 Å². The van der Waals surface area contributed by atoms with Gasteiger partial charge in [0.2, 0.25) is 0 Å². The molecule has 23 heavy (non-hydrogen) atoms. The number of carbonyl (C=O) groups excluding carboxylic acids is 2. The number of ether oxygens (including phenoxy) is 2. The molecule has 1 saturated carbocycles. The predicted molar refractivity (Wildman–Crippen MR) is 88.1 cm³/mol. The van der Waals surface area contributed by atoms with Gasteiger partial charge in [-0.15, -0.1) is 0 Å². The first-order valence-electron chi connectivity index (χ1n) is 8.72. The summed E-state index contributed by atoms with van der Waals surface area (Å²) in [7, 11) is 0. The first-order chi connectivity index (χ1) is 10.5. The lowest BCUT2D eigenvalue weighted by Crippen LogP contribution is -2.49. The van der Waals surface area contributed by atoms with Crippen LogP contribution >= 0.6 is 0 Å². The molecule has 0 aromatic carbocycles. The van der Waals surface area contributed by atoms with Gasteiger partial charge in [-0.25, -0.2) is 9.59 Å². The highest BCUT2D eigenvalue weighted by molar-refractivity contribution is 5.83. The number of likely N-dealkylation sites (tertiary alicyclic amines) is 1. The number of amides is 1. The van der Waals surface area contributed by atoms with E-state index in [2.05, 4.69) is 0 Å². The number of carbonyl (C=O) groups is 2. The second kappa shape index (κ2) is 6.33. The van der Waals surface area contributed by atoms with Crippen molar-refractivity contribution in [2.24, 2.45) is 5.92 Å². The SMILES string of the molecule is CC(C)(C)OC(=O)C1CC2CCCCC2N1C(=O)OC(C)(C)C. The number of hydrogen-bond acceptors (Lipinski definition) is 4. The average molecular weight is 325 g/mol. The van der Waals surface area contributed by atoms with Crippen LogP contribution in [-0.2, 0) is 14.3 Å². The summed E-state index contributed by atoms with van der Waals surface area (Å²) in [5, 5.41) is 0. The fraction of sp³-hybridized carbons (Fsp3) is 0.889. The van der Waals surface area contributed by atoms with Gasteiger partial charge in [0.1, 0.15) is 17.2 Å². The third-order valence-electron chi connectivity index (χ3n) is 4.37. The molecule has 2 fully saturated rings. The molecule has 0 aromatic heterocycles. The van der Waals surface area contributed by atoms with Crippen molar-refractivity contribution >= 4 is 12.1 Å². The van der Waals surface area contributed by atoms with Crippen LogP contribution < -0.4 is 0 Å². The van der Waals surface area contributed by atoms with E-state index in [1.807, 2.05) is 41.5 Å². The van der Waals surface area contributed by atoms with E-state index in [0.29, 0.717) is 12.3 Å². The van der Waals surface area contributed by atoms with Gasteiger partial charge in [-0.05, 0) is 66.7 Å². The van der Waals surface area contributed by atoms with Crippen LogP contribution in [0.25, 0.3) is 0 Å². The third-order valence-corrected chi connectivity index (χ3v) is 4.37. The smallest absolute Gasteiger partial charge is 0.411 e. The van der Waals surface area contributed by atoms with Gasteiger partial charge >= 0.3 is 12.1 Å². The quantitative estimate of drug-likeness (QED) is 0.686. The highest BCUT2D eigenvalue weighted by atomic mass is 16.6. The third kappa shape index (κ3) is 4.61. The maximum absolute atomic E-state index is 12.7. The van der Waals surface area contributed by atoms with Crippen LogP contribution in [0.5, 0.6) is 0 Å². The highest BCUT2D eigenvalue weighted by Crippen LogP contribution is 2.41. The van der Waals surface area contributed by atoms with Crippen LogP contribution in [0.2, 0.25) is 0 Å². The number of fused-ring (bicyclic) bond motifs is 1. The molecule has 2 rings (SSSR count). The van der Waals surface area contributed by atoms with E-state index >= 15 is 0 Å². The Bertz CT molecular complexity index is 461. The van der Waals surface area contributed by atoms with Crippen molar-refractivity contribution in [2.45, 2.75) is 96.9 Å². The molecule has 1 heterocycles. The van der Waals surface area contributed by atoms with E-state index in [9.17, 15) is 9.59 Å². The minimum absolute atomic E-state index is 0.108. The zero-order valence-electron chi connectivity index (χ0n) is 15.3. The largest absolute Gasteiger partial charge is 0.458 e. The minimum atomic E-state index is -0.567. The summed E-state index contributed by atoms with van der Waals surface area (Å²) < 4.78 is 11.1. The highest BCUT2D eigenvalue weighted by Gasteiger charge is 2.50. The molecular formula is C18H31NO4. The van der Waals surface area contributed by atoms with E-state index in [0.717, 1.165) is 19.3 Å². The normalized spacial score (nSPS) is 28.3. The Balaban J connectivity index is 2.20. The number of nitrogens with zero attached hydrogens (tertiary/aromatic N) is 1. The summed E-state index contributed by atoms with van der Waals surface area (Å²) >= 11 is 0. The maximum atomic E-state index is 12.7. The van der Waals surface area contributed by atoms with Crippen LogP contribution in [0.1, 0.15) is 73.6 Å². The van der Waals surface area contributed by atoms with E-state index in [4.69, 9.17) is 9.47 Å². The standard InChI is InChI=1S/C18H31NO4/c1-17(2,3)22-15(20)14-11-12-9-7-8-10-13(12)19(14)16(21)23-18(4,5)6/h12-14H,7-11H2,1-6H3. The van der Waals surface area contributed by atoms with Gasteiger partial charge in [0.25, 0.3) is 0 Å². The zero-order chi connectivity index (χ0) is 17.4. The van der Waals surface area contributed by atoms with Crippen molar-refractivity contribution in [3.63, 3.8) is 0 Å². The Morgan fingerprint density at radius 1 is 0.913 bits per heavy atom. The van der Waals surface area contributed by atoms with Crippen LogP contribution in [-0.4, -0.2) is 40.2 Å². The topological polar surface area (TPSA) is 55.8 Å². The lowest BCUT2D eigenvalue weighted by atomic mass is 9.85. The van der Waals surface area contributed by atoms with Crippen molar-refractivity contribution in [1.29, 1.82) is 0 Å². The van der Waals surface area contributed by atoms with Crippen LogP contribution in [0.4, 0.5) is 4.79 Å². The molecule has 132 valence electrons. The second-order valence-electron chi connectivity index (χ2n) is 8.78. The van der Waals surface area contributed by atoms with E-state index in [-0.39, 0.29) is 18.1 Å². The zero-order valence-corrected chi connectivity index (χ0v) is 15.3. The Hall–Kier alpha value is -1.26. The molecule has 1 saturated heterocycles. The summed E-state index contributed by atoms with van der Waals surface area (Å²) in [6.45, 7) is 11.1. The predicted octanol–water partition coefficient (Wildman–Crippen LogP) is 3.90. The molecule has 1 aliphatic heterocycles. The fourth-order valence-electron chi connectivity index (χ4n) is 3.62. The van der Waals surface area contributed by atoms with Crippen LogP contribution in [0, 0.1) is 5.92 Å². The molecule has 1 aliphatic carbocycles. The second-order valence-corrected chi connectivity index (χ2v) is 8.78. The summed E-state index contributed by atoms with van der Waals surface area (Å²) in [5.41, 5.74) is -1.12. The number of rotatable bonds is 1. The van der Waals surface area contributed by atoms with E-state index < -0.39 is 17.2 Å². The molecule has 0 radical (unpaired) electrons. The molecule has 2 aliphatic rings. The first kappa shape index (κ1) is 18.1. The molecule has 0 N–H and O–H groups in total. The van der Waals surface area contributed by atoms with Gasteiger partial charge in [0, 0.05) is 6.04 Å². The molecule has 5 nitrogen and oxygen atoms in total. The molecule has 5 heteroatoms. The van der Waals surface area contributed by atoms with Crippen molar-refractivity contribution in [1.82, 2.24) is 4.90 Å². The van der Waals surface area contributed by atoms with Gasteiger partial charge < -0.3 is 9.47 Å². The van der Waals surface area contributed by atoms with Gasteiger partial charge in [-0.1, -0.05) is 12.8 Å². The molecule has 0 bridgehead atoms. The summed E-state index contributed by atoms with van der Waals surface area (Å²) in [6, 6.07) is -0.409. The number of esters is 1. The monoisotopic (exact) mass is 325 g/mol. The average Bonchev–Trinajstić information content (AvgIpc) is 2.73. The van der Waals surface area contributed by atoms with E-state index in [1.54, 1.807) is 4.90 Å². The molecular weight excluding hydrogens is 294 g/mol. The molecule has 1 amide bonds. The lowest BCUT2D eigenvalue weighted by Gasteiger charge is -2.35. The van der Waals surface area contributed by atoms with Gasteiger partial charge in [-0.2, -0.15) is 0 Å². The summed E-state index contributed by atoms with van der Waals surface area (Å²) in [4.78, 5) is 27.0. The van der Waals surface area contributed by atoms with Crippen LogP contribution in [0.3, 0.4) is 0 Å². The molecule has 3 atom stereocenters. The Kier molecular flexibility index (Phi) is 4.97. The summed E-state index contributed by atoms with van der Waals surface area (Å²) in [5.74, 6) is 0.0755. The molecule has 0 spiro atoms. The number of hydrogen-bond donors (Lipinski definition) is 0. The molecule has 3 unspecified atom stereocenters. The first-order valence-corrected chi connectivity index (χ1v) is 8.72. The minimum Gasteiger partial charge on any atom is -0.458 e. The fourth-order valence-corrected chi connectivity index (χ4v) is 3.62. The Morgan fingerprint density at radius 3 is 2.04 bits per heavy atom. The molecule has 0 aromatic rings. The van der Waals surface area contributed by atoms with Crippen molar-refractivity contribution < 1.29 is 19.1 Å². The summed E-state index contributed by atoms with van der Waals surface area (Å²) in [6.07, 6.45) is 4.60. The lowest BCUT2D eigenvalue weighted by molar-refractivity contribution is -0.160. The Morgan fingerprint density at radius 2 is 1.48 bits per heavy atom. The van der Waals surface area contributed by atoms with Crippen molar-refractivity contribution in [3.8, 4) is 0 Å². The van der Waals surface area contributed by atoms with Crippen molar-refractivity contribution in [2.75, 3.05) is 0 Å². The van der Waals surface area contributed by atoms with Crippen LogP contribution in [0.15, 0.2) is 0 Å². The van der Waals surface area contributed by atoms with Gasteiger partial charge in [0.15, 0.2) is 0 Å².